The molecule has 1 aliphatic heterocycles. The van der Waals surface area contributed by atoms with Gasteiger partial charge < -0.3 is 15.2 Å². The van der Waals surface area contributed by atoms with Crippen LogP contribution >= 0.6 is 0 Å². The van der Waals surface area contributed by atoms with E-state index >= 15 is 0 Å². The van der Waals surface area contributed by atoms with E-state index in [-0.39, 0.29) is 76.9 Å². The van der Waals surface area contributed by atoms with E-state index in [1.165, 1.54) is 0 Å². The van der Waals surface area contributed by atoms with Crippen molar-refractivity contribution < 1.29 is 63.7 Å². The van der Waals surface area contributed by atoms with Crippen LogP contribution in [-0.2, 0) is 58.6 Å². The van der Waals surface area contributed by atoms with Crippen LogP contribution in [0.1, 0.15) is 41.0 Å². The van der Waals surface area contributed by atoms with E-state index in [0.717, 1.165) is 0 Å². The van der Waals surface area contributed by atoms with Gasteiger partial charge >= 0.3 is 0 Å². The fourth-order valence-corrected chi connectivity index (χ4v) is 3.50. The Labute approximate surface area is 149 Å². The molecule has 18 heavy (non-hydrogen) atoms. The third-order valence-electron chi connectivity index (χ3n) is 5.64. The minimum Gasteiger partial charge on any atom is -0.646 e. The summed E-state index contributed by atoms with van der Waals surface area (Å²) in [6, 6.07) is 0. The van der Waals surface area contributed by atoms with Crippen molar-refractivity contribution in [1.82, 2.24) is 0 Å². The molecule has 5 atom stereocenters. The summed E-state index contributed by atoms with van der Waals surface area (Å²) in [6.07, 6.45) is -0.0495. The Morgan fingerprint density at radius 3 is 2.00 bits per heavy atom. The maximum absolute atomic E-state index is 11.2. The molecule has 1 heterocycles. The molecule has 5 unspecified atom stereocenters. The van der Waals surface area contributed by atoms with E-state index in [1.807, 2.05) is 0 Å². The standard InChI is InChI=1S/C13H23NO2.W.Y/c1-7-8(2)13(6-10(15)14-13)11(16)9(3)12(7,4)5;;/h7-9,11,16H,6H2,1-5H3,(H,14,15);;/p-1. The van der Waals surface area contributed by atoms with Crippen LogP contribution in [0.15, 0.2) is 0 Å². The quantitative estimate of drug-likeness (QED) is 0.523. The van der Waals surface area contributed by atoms with Crippen molar-refractivity contribution in [1.29, 1.82) is 0 Å². The molecule has 1 spiro atoms. The van der Waals surface area contributed by atoms with Crippen LogP contribution in [0.4, 0.5) is 0 Å². The second kappa shape index (κ2) is 5.92. The van der Waals surface area contributed by atoms with Crippen molar-refractivity contribution in [2.24, 2.45) is 23.2 Å². The molecule has 101 valence electrons. The van der Waals surface area contributed by atoms with Gasteiger partial charge in [0.15, 0.2) is 0 Å². The maximum atomic E-state index is 11.2. The molecule has 0 aromatic rings. The van der Waals surface area contributed by atoms with E-state index in [1.54, 1.807) is 0 Å². The van der Waals surface area contributed by atoms with Gasteiger partial charge in [-0.05, 0) is 29.6 Å². The number of nitrogens with zero attached hydrogens (tertiary/aromatic N) is 1. The topological polar surface area (TPSA) is 51.4 Å². The zero-order chi connectivity index (χ0) is 12.3. The molecule has 1 amide bonds. The maximum Gasteiger partial charge on any atom is 0.0507 e. The van der Waals surface area contributed by atoms with Gasteiger partial charge in [-0.15, -0.1) is 0 Å². The zero-order valence-corrected chi connectivity index (χ0v) is 17.6. The molecule has 0 bridgehead atoms. The van der Waals surface area contributed by atoms with E-state index in [2.05, 4.69) is 39.9 Å². The Hall–Kier alpha value is 1.22. The number of aliphatic hydroxyl groups is 1. The van der Waals surface area contributed by atoms with Gasteiger partial charge in [-0.2, -0.15) is 0 Å². The summed E-state index contributed by atoms with van der Waals surface area (Å²) in [5.74, 6) is 0.856. The Balaban J connectivity index is 0.00000144. The number of aliphatic hydroxyl groups excluding tert-OH is 1. The molecule has 1 N–H and O–H groups in total. The summed E-state index contributed by atoms with van der Waals surface area (Å²) in [5.41, 5.74) is -0.385. The Bertz CT molecular complexity index is 307. The molecule has 0 aromatic heterocycles. The van der Waals surface area contributed by atoms with Crippen LogP contribution in [0.5, 0.6) is 0 Å². The monoisotopic (exact) mass is 497 g/mol. The second-order valence-electron chi connectivity index (χ2n) is 6.31. The number of rotatable bonds is 0. The summed E-state index contributed by atoms with van der Waals surface area (Å²) in [6.45, 7) is 10.8. The van der Waals surface area contributed by atoms with Crippen molar-refractivity contribution in [3.63, 3.8) is 0 Å². The van der Waals surface area contributed by atoms with Crippen LogP contribution in [0.25, 0.3) is 5.32 Å². The van der Waals surface area contributed by atoms with Gasteiger partial charge in [0.1, 0.15) is 0 Å². The molecule has 1 saturated carbocycles. The van der Waals surface area contributed by atoms with Crippen LogP contribution in [0, 0.1) is 23.2 Å². The average molecular weight is 497 g/mol. The van der Waals surface area contributed by atoms with Crippen molar-refractivity contribution in [3.05, 3.63) is 5.32 Å². The molecule has 5 heteroatoms. The molecular weight excluding hydrogens is 475 g/mol. The molecule has 2 rings (SSSR count). The molecule has 2 aliphatic rings. The first-order valence-electron chi connectivity index (χ1n) is 6.17. The molecule has 0 aromatic carbocycles. The number of β-lactam (4-membered cyclic amide) rings is 1. The van der Waals surface area contributed by atoms with Crippen LogP contribution in [0.2, 0.25) is 0 Å². The van der Waals surface area contributed by atoms with E-state index in [0.29, 0.717) is 12.3 Å². The molecule has 2 fully saturated rings. The van der Waals surface area contributed by atoms with E-state index in [4.69, 9.17) is 0 Å². The normalized spacial score (nSPS) is 45.3. The smallest absolute Gasteiger partial charge is 0.0507 e. The third-order valence-corrected chi connectivity index (χ3v) is 5.64. The van der Waals surface area contributed by atoms with E-state index < -0.39 is 11.6 Å². The summed E-state index contributed by atoms with van der Waals surface area (Å²) >= 11 is 0. The number of hydrogen-bond donors (Lipinski definition) is 1. The van der Waals surface area contributed by atoms with Crippen LogP contribution < -0.4 is 0 Å². The fraction of sp³-hybridized carbons (Fsp3) is 0.923. The largest absolute Gasteiger partial charge is 0.646 e. The van der Waals surface area contributed by atoms with Crippen molar-refractivity contribution in [2.45, 2.75) is 52.7 Å². The minimum atomic E-state index is -0.481. The van der Waals surface area contributed by atoms with Gasteiger partial charge in [0.2, 0.25) is 0 Å². The fourth-order valence-electron chi connectivity index (χ4n) is 3.50. The summed E-state index contributed by atoms with van der Waals surface area (Å²) < 4.78 is 0. The number of amides is 1. The van der Waals surface area contributed by atoms with Crippen LogP contribution in [0.3, 0.4) is 0 Å². The zero-order valence-electron chi connectivity index (χ0n) is 11.8. The molecule has 1 radical (unpaired) electrons. The van der Waals surface area contributed by atoms with Gasteiger partial charge in [-0.25, -0.2) is 0 Å². The van der Waals surface area contributed by atoms with Crippen molar-refractivity contribution >= 4 is 5.91 Å². The molecule has 1 aliphatic carbocycles. The second-order valence-corrected chi connectivity index (χ2v) is 6.31. The predicted octanol–water partition coefficient (Wildman–Crippen LogP) is 2.33. The first kappa shape index (κ1) is 19.2. The Morgan fingerprint density at radius 2 is 1.61 bits per heavy atom. The number of hydrogen-bond acceptors (Lipinski definition) is 2. The van der Waals surface area contributed by atoms with Gasteiger partial charge in [0.25, 0.3) is 0 Å². The number of carbonyl (C=O) groups excluding carboxylic acids is 1. The predicted molar refractivity (Wildman–Crippen MR) is 63.0 cm³/mol. The van der Waals surface area contributed by atoms with Crippen molar-refractivity contribution in [3.8, 4) is 0 Å². The third kappa shape index (κ3) is 2.43. The van der Waals surface area contributed by atoms with Crippen LogP contribution in [-0.4, -0.2) is 22.7 Å². The summed E-state index contributed by atoms with van der Waals surface area (Å²) in [5, 5.41) is 14.6. The Kier molecular flexibility index (Phi) is 6.32. The first-order chi connectivity index (χ1) is 7.23. The van der Waals surface area contributed by atoms with E-state index in [9.17, 15) is 9.90 Å². The molecule has 3 nitrogen and oxygen atoms in total. The van der Waals surface area contributed by atoms with Gasteiger partial charge in [-0.3, -0.25) is 0 Å². The number of carbonyl (C=O) groups is 1. The van der Waals surface area contributed by atoms with Gasteiger partial charge in [0, 0.05) is 59.9 Å². The Morgan fingerprint density at radius 1 is 1.17 bits per heavy atom. The summed E-state index contributed by atoms with van der Waals surface area (Å²) in [4.78, 5) is 11.2. The van der Waals surface area contributed by atoms with Crippen molar-refractivity contribution in [2.75, 3.05) is 0 Å². The first-order valence-corrected chi connectivity index (χ1v) is 6.17. The molecule has 1 saturated heterocycles. The van der Waals surface area contributed by atoms with Gasteiger partial charge in [-0.1, -0.05) is 40.2 Å². The van der Waals surface area contributed by atoms with Gasteiger partial charge in [0.05, 0.1) is 5.91 Å². The molecular formula is C13H22NO2WY-. The SMILES string of the molecule is CC1C(C)C2(CC(=O)[N-]2)C(O)C(C)C1(C)C.[W].[Y]. The summed E-state index contributed by atoms with van der Waals surface area (Å²) in [7, 11) is 0. The minimum absolute atomic E-state index is 0. The average Bonchev–Trinajstić information content (AvgIpc) is 2.18.